The average Bonchev–Trinajstić information content (AvgIpc) is 2.30. The Hall–Kier alpha value is -2.17. The summed E-state index contributed by atoms with van der Waals surface area (Å²) in [5.74, 6) is -0.441. The third kappa shape index (κ3) is 2.18. The van der Waals surface area contributed by atoms with E-state index < -0.39 is 5.97 Å². The minimum absolute atomic E-state index is 0.180. The molecule has 0 spiro atoms. The molecule has 0 radical (unpaired) electrons. The van der Waals surface area contributed by atoms with Gasteiger partial charge < -0.3 is 9.72 Å². The lowest BCUT2D eigenvalue weighted by molar-refractivity contribution is 0.0526. The monoisotopic (exact) mass is 232 g/mol. The van der Waals surface area contributed by atoms with E-state index in [9.17, 15) is 9.59 Å². The van der Waals surface area contributed by atoms with Crippen LogP contribution in [0.25, 0.3) is 11.0 Å². The fourth-order valence-electron chi connectivity index (χ4n) is 1.51. The lowest BCUT2D eigenvalue weighted by atomic mass is 10.2. The predicted molar refractivity (Wildman–Crippen MR) is 63.1 cm³/mol. The van der Waals surface area contributed by atoms with Gasteiger partial charge in [-0.15, -0.1) is 0 Å². The number of aromatic amines is 1. The number of nitrogens with one attached hydrogen (secondary N) is 1. The van der Waals surface area contributed by atoms with E-state index in [0.29, 0.717) is 28.8 Å². The van der Waals surface area contributed by atoms with E-state index in [1.165, 1.54) is 6.20 Å². The maximum Gasteiger partial charge on any atom is 0.339 e. The Kier molecular flexibility index (Phi) is 2.91. The summed E-state index contributed by atoms with van der Waals surface area (Å²) in [6.45, 7) is 3.75. The van der Waals surface area contributed by atoms with Crippen molar-refractivity contribution in [2.24, 2.45) is 0 Å². The average molecular weight is 232 g/mol. The highest BCUT2D eigenvalue weighted by molar-refractivity contribution is 5.92. The zero-order chi connectivity index (χ0) is 12.4. The van der Waals surface area contributed by atoms with Gasteiger partial charge >= 0.3 is 5.97 Å². The van der Waals surface area contributed by atoms with Gasteiger partial charge in [-0.1, -0.05) is 0 Å². The summed E-state index contributed by atoms with van der Waals surface area (Å²) in [5.41, 5.74) is 1.93. The molecule has 0 saturated heterocycles. The number of hydrogen-bond donors (Lipinski definition) is 1. The van der Waals surface area contributed by atoms with Crippen molar-refractivity contribution in [2.45, 2.75) is 13.8 Å². The summed E-state index contributed by atoms with van der Waals surface area (Å²) >= 11 is 0. The van der Waals surface area contributed by atoms with E-state index >= 15 is 0 Å². The highest BCUT2D eigenvalue weighted by Gasteiger charge is 2.08. The summed E-state index contributed by atoms with van der Waals surface area (Å²) in [5, 5.41) is 0. The van der Waals surface area contributed by atoms with Crippen LogP contribution in [0.15, 0.2) is 23.1 Å². The summed E-state index contributed by atoms with van der Waals surface area (Å²) in [7, 11) is 0. The van der Waals surface area contributed by atoms with E-state index in [-0.39, 0.29) is 5.56 Å². The van der Waals surface area contributed by atoms with Crippen molar-refractivity contribution in [1.29, 1.82) is 0 Å². The first-order valence-corrected chi connectivity index (χ1v) is 5.28. The normalized spacial score (nSPS) is 10.5. The molecule has 0 atom stereocenters. The molecule has 0 fully saturated rings. The van der Waals surface area contributed by atoms with Gasteiger partial charge in [0, 0.05) is 11.8 Å². The van der Waals surface area contributed by atoms with Crippen LogP contribution in [-0.2, 0) is 4.74 Å². The van der Waals surface area contributed by atoms with Gasteiger partial charge in [-0.05, 0) is 26.0 Å². The van der Waals surface area contributed by atoms with Gasteiger partial charge in [-0.2, -0.15) is 0 Å². The van der Waals surface area contributed by atoms with Crippen molar-refractivity contribution < 1.29 is 9.53 Å². The highest BCUT2D eigenvalue weighted by Crippen LogP contribution is 2.11. The van der Waals surface area contributed by atoms with E-state index in [1.807, 2.05) is 0 Å². The Morgan fingerprint density at radius 3 is 2.94 bits per heavy atom. The molecule has 2 rings (SSSR count). The van der Waals surface area contributed by atoms with Crippen LogP contribution in [-0.4, -0.2) is 22.5 Å². The molecule has 5 heteroatoms. The van der Waals surface area contributed by atoms with E-state index in [2.05, 4.69) is 9.97 Å². The maximum absolute atomic E-state index is 11.5. The van der Waals surface area contributed by atoms with Gasteiger partial charge in [-0.25, -0.2) is 4.79 Å². The van der Waals surface area contributed by atoms with Gasteiger partial charge in [0.25, 0.3) is 5.56 Å². The van der Waals surface area contributed by atoms with Gasteiger partial charge in [-0.3, -0.25) is 9.78 Å². The Bertz CT molecular complexity index is 631. The fourth-order valence-corrected chi connectivity index (χ4v) is 1.51. The van der Waals surface area contributed by atoms with Gasteiger partial charge in [0.05, 0.1) is 23.2 Å². The van der Waals surface area contributed by atoms with Crippen LogP contribution in [0.2, 0.25) is 0 Å². The van der Waals surface area contributed by atoms with Crippen molar-refractivity contribution in [2.75, 3.05) is 6.61 Å². The second kappa shape index (κ2) is 4.37. The number of fused-ring (bicyclic) bond motifs is 1. The molecule has 1 N–H and O–H groups in total. The van der Waals surface area contributed by atoms with Crippen molar-refractivity contribution in [3.8, 4) is 0 Å². The summed E-state index contributed by atoms with van der Waals surface area (Å²) in [6, 6.07) is 3.25. The molecule has 88 valence electrons. The zero-order valence-corrected chi connectivity index (χ0v) is 9.61. The summed E-state index contributed by atoms with van der Waals surface area (Å²) in [6.07, 6.45) is 1.44. The quantitative estimate of drug-likeness (QED) is 0.794. The van der Waals surface area contributed by atoms with Crippen molar-refractivity contribution >= 4 is 17.0 Å². The summed E-state index contributed by atoms with van der Waals surface area (Å²) in [4.78, 5) is 29.7. The van der Waals surface area contributed by atoms with Gasteiger partial charge in [0.1, 0.15) is 0 Å². The SMILES string of the molecule is CCOC(=O)c1cnc2cc(C)c(=O)[nH]c2c1. The number of rotatable bonds is 2. The molecule has 0 unspecified atom stereocenters. The number of nitrogens with zero attached hydrogens (tertiary/aromatic N) is 1. The van der Waals surface area contributed by atoms with Crippen molar-refractivity contribution in [3.05, 3.63) is 39.8 Å². The molecule has 0 aliphatic heterocycles. The Morgan fingerprint density at radius 2 is 2.24 bits per heavy atom. The smallest absolute Gasteiger partial charge is 0.339 e. The maximum atomic E-state index is 11.5. The van der Waals surface area contributed by atoms with Crippen LogP contribution in [0.4, 0.5) is 0 Å². The Morgan fingerprint density at radius 1 is 1.47 bits per heavy atom. The number of ether oxygens (including phenoxy) is 1. The Balaban J connectivity index is 2.54. The van der Waals surface area contributed by atoms with Crippen LogP contribution in [0.3, 0.4) is 0 Å². The fraction of sp³-hybridized carbons (Fsp3) is 0.250. The van der Waals surface area contributed by atoms with Crippen molar-refractivity contribution in [1.82, 2.24) is 9.97 Å². The number of pyridine rings is 2. The molecule has 0 amide bonds. The van der Waals surface area contributed by atoms with Gasteiger partial charge in [0.15, 0.2) is 0 Å². The molecule has 5 nitrogen and oxygen atoms in total. The minimum Gasteiger partial charge on any atom is -0.462 e. The van der Waals surface area contributed by atoms with Crippen molar-refractivity contribution in [3.63, 3.8) is 0 Å². The van der Waals surface area contributed by atoms with E-state index in [0.717, 1.165) is 0 Å². The third-order valence-electron chi connectivity index (χ3n) is 2.39. The number of aryl methyl sites for hydroxylation is 1. The standard InChI is InChI=1S/C12H12N2O3/c1-3-17-12(16)8-5-10-9(13-6-8)4-7(2)11(15)14-10/h4-6H,3H2,1-2H3,(H,14,15). The number of aromatic nitrogens is 2. The van der Waals surface area contributed by atoms with E-state index in [1.54, 1.807) is 26.0 Å². The van der Waals surface area contributed by atoms with Crippen LogP contribution in [0.1, 0.15) is 22.8 Å². The molecule has 2 heterocycles. The first-order chi connectivity index (χ1) is 8.11. The predicted octanol–water partition coefficient (Wildman–Crippen LogP) is 1.41. The highest BCUT2D eigenvalue weighted by atomic mass is 16.5. The minimum atomic E-state index is -0.441. The molecule has 17 heavy (non-hydrogen) atoms. The van der Waals surface area contributed by atoms with Crippen LogP contribution < -0.4 is 5.56 Å². The largest absolute Gasteiger partial charge is 0.462 e. The molecule has 0 aliphatic rings. The van der Waals surface area contributed by atoms with Crippen LogP contribution in [0.5, 0.6) is 0 Å². The molecule has 2 aromatic rings. The molecule has 0 aliphatic carbocycles. The number of carbonyl (C=O) groups is 1. The second-order valence-electron chi connectivity index (χ2n) is 3.66. The van der Waals surface area contributed by atoms with Crippen LogP contribution in [0, 0.1) is 6.92 Å². The molecule has 0 bridgehead atoms. The zero-order valence-electron chi connectivity index (χ0n) is 9.61. The number of esters is 1. The number of H-pyrrole nitrogens is 1. The first kappa shape index (κ1) is 11.3. The van der Waals surface area contributed by atoms with Crippen LogP contribution >= 0.6 is 0 Å². The molecule has 2 aromatic heterocycles. The topological polar surface area (TPSA) is 72.0 Å². The van der Waals surface area contributed by atoms with Gasteiger partial charge in [0.2, 0.25) is 0 Å². The number of hydrogen-bond acceptors (Lipinski definition) is 4. The second-order valence-corrected chi connectivity index (χ2v) is 3.66. The lowest BCUT2D eigenvalue weighted by Gasteiger charge is -2.03. The molecular weight excluding hydrogens is 220 g/mol. The third-order valence-corrected chi connectivity index (χ3v) is 2.39. The molecule has 0 saturated carbocycles. The summed E-state index contributed by atoms with van der Waals surface area (Å²) < 4.78 is 4.86. The molecule has 0 aromatic carbocycles. The molecular formula is C12H12N2O3. The van der Waals surface area contributed by atoms with E-state index in [4.69, 9.17) is 4.74 Å². The Labute approximate surface area is 97.4 Å². The first-order valence-electron chi connectivity index (χ1n) is 5.28. The lowest BCUT2D eigenvalue weighted by Crippen LogP contribution is -2.10. The number of carbonyl (C=O) groups excluding carboxylic acids is 1.